The minimum Gasteiger partial charge on any atom is -0.489 e. The van der Waals surface area contributed by atoms with Crippen molar-refractivity contribution in [2.75, 3.05) is 13.2 Å². The van der Waals surface area contributed by atoms with Gasteiger partial charge in [-0.05, 0) is 55.8 Å². The topological polar surface area (TPSA) is 130 Å². The first kappa shape index (κ1) is 25.2. The lowest BCUT2D eigenvalue weighted by Crippen LogP contribution is -2.52. The second kappa shape index (κ2) is 8.63. The van der Waals surface area contributed by atoms with E-state index in [2.05, 4.69) is 15.3 Å². The van der Waals surface area contributed by atoms with E-state index in [0.717, 1.165) is 18.2 Å². The van der Waals surface area contributed by atoms with Crippen LogP contribution in [0.5, 0.6) is 5.75 Å². The molecule has 3 heterocycles. The average Bonchev–Trinajstić information content (AvgIpc) is 3.40. The third-order valence-electron chi connectivity index (χ3n) is 6.31. The Kier molecular flexibility index (Phi) is 6.03. The molecule has 0 aliphatic carbocycles. The number of aromatic amines is 1. The molecule has 1 aromatic carbocycles. The molecule has 1 aliphatic heterocycles. The standard InChI is InChI=1S/C24H22F4N4O4/c1-12-7-8-30-17(12)20(33)31-10-23(35,24(26,27)28)16-9-15-19(36-11-22(15,2)21(29)34)18(32-16)13-3-5-14(25)6-4-13/h3-9,30,35H,10-11H2,1-2H3,(H2,29,34)(H,31,33)/t22-,23-/m0/s1. The highest BCUT2D eigenvalue weighted by Crippen LogP contribution is 2.47. The summed E-state index contributed by atoms with van der Waals surface area (Å²) in [6.07, 6.45) is -3.85. The van der Waals surface area contributed by atoms with Crippen LogP contribution in [-0.2, 0) is 15.8 Å². The van der Waals surface area contributed by atoms with E-state index >= 15 is 0 Å². The number of alkyl halides is 3. The number of carbonyl (C=O) groups excluding carboxylic acids is 2. The van der Waals surface area contributed by atoms with Crippen LogP contribution in [0.25, 0.3) is 11.3 Å². The first-order valence-corrected chi connectivity index (χ1v) is 10.7. The number of hydrogen-bond donors (Lipinski definition) is 4. The highest BCUT2D eigenvalue weighted by atomic mass is 19.4. The van der Waals surface area contributed by atoms with Crippen LogP contribution in [0.1, 0.15) is 34.2 Å². The van der Waals surface area contributed by atoms with Crippen molar-refractivity contribution in [2.24, 2.45) is 5.73 Å². The number of hydrogen-bond acceptors (Lipinski definition) is 5. The van der Waals surface area contributed by atoms with Gasteiger partial charge in [-0.15, -0.1) is 0 Å². The largest absolute Gasteiger partial charge is 0.489 e. The van der Waals surface area contributed by atoms with Gasteiger partial charge >= 0.3 is 6.18 Å². The molecule has 4 rings (SSSR count). The summed E-state index contributed by atoms with van der Waals surface area (Å²) in [5.74, 6) is -2.34. The molecule has 2 atom stereocenters. The Bertz CT molecular complexity index is 1340. The molecule has 12 heteroatoms. The smallest absolute Gasteiger partial charge is 0.424 e. The van der Waals surface area contributed by atoms with E-state index in [0.29, 0.717) is 5.56 Å². The molecule has 8 nitrogen and oxygen atoms in total. The number of pyridine rings is 1. The minimum atomic E-state index is -5.30. The summed E-state index contributed by atoms with van der Waals surface area (Å²) in [6.45, 7) is 1.42. The third kappa shape index (κ3) is 4.06. The second-order valence-electron chi connectivity index (χ2n) is 8.80. The Balaban J connectivity index is 1.87. The van der Waals surface area contributed by atoms with Crippen LogP contribution in [0.2, 0.25) is 0 Å². The van der Waals surface area contributed by atoms with E-state index in [9.17, 15) is 32.3 Å². The number of primary amides is 1. The molecule has 0 saturated carbocycles. The van der Waals surface area contributed by atoms with Crippen molar-refractivity contribution in [3.63, 3.8) is 0 Å². The van der Waals surface area contributed by atoms with E-state index in [1.165, 1.54) is 25.3 Å². The summed E-state index contributed by atoms with van der Waals surface area (Å²) in [6, 6.07) is 7.16. The fourth-order valence-corrected chi connectivity index (χ4v) is 3.93. The first-order valence-electron chi connectivity index (χ1n) is 10.7. The summed E-state index contributed by atoms with van der Waals surface area (Å²) in [5, 5.41) is 13.1. The van der Waals surface area contributed by atoms with Crippen LogP contribution in [-0.4, -0.2) is 46.2 Å². The van der Waals surface area contributed by atoms with Crippen LogP contribution in [0.3, 0.4) is 0 Å². The average molecular weight is 506 g/mol. The number of rotatable bonds is 6. The summed E-state index contributed by atoms with van der Waals surface area (Å²) < 4.78 is 62.1. The summed E-state index contributed by atoms with van der Waals surface area (Å²) >= 11 is 0. The van der Waals surface area contributed by atoms with Gasteiger partial charge in [-0.25, -0.2) is 9.37 Å². The van der Waals surface area contributed by atoms with Crippen LogP contribution in [0.4, 0.5) is 17.6 Å². The number of nitrogens with zero attached hydrogens (tertiary/aromatic N) is 1. The number of aryl methyl sites for hydroxylation is 1. The Morgan fingerprint density at radius 3 is 2.47 bits per heavy atom. The molecule has 0 unspecified atom stereocenters. The summed E-state index contributed by atoms with van der Waals surface area (Å²) in [5.41, 5.74) is -0.0171. The highest BCUT2D eigenvalue weighted by molar-refractivity contribution is 5.94. The molecule has 36 heavy (non-hydrogen) atoms. The number of benzene rings is 1. The zero-order chi connectivity index (χ0) is 26.5. The predicted molar refractivity (Wildman–Crippen MR) is 119 cm³/mol. The number of H-pyrrole nitrogens is 1. The Morgan fingerprint density at radius 1 is 1.25 bits per heavy atom. The molecule has 0 fully saturated rings. The van der Waals surface area contributed by atoms with Gasteiger partial charge < -0.3 is 25.9 Å². The third-order valence-corrected chi connectivity index (χ3v) is 6.31. The zero-order valence-corrected chi connectivity index (χ0v) is 19.2. The number of ether oxygens (including phenoxy) is 1. The van der Waals surface area contributed by atoms with Crippen LogP contribution >= 0.6 is 0 Å². The molecule has 2 aromatic heterocycles. The lowest BCUT2D eigenvalue weighted by atomic mass is 9.81. The maximum atomic E-state index is 14.3. The molecule has 3 aromatic rings. The van der Waals surface area contributed by atoms with Crippen molar-refractivity contribution >= 4 is 11.8 Å². The van der Waals surface area contributed by atoms with Crippen molar-refractivity contribution in [1.82, 2.24) is 15.3 Å². The van der Waals surface area contributed by atoms with Gasteiger partial charge in [-0.1, -0.05) is 0 Å². The monoisotopic (exact) mass is 506 g/mol. The van der Waals surface area contributed by atoms with Gasteiger partial charge in [0.25, 0.3) is 5.91 Å². The molecular formula is C24H22F4N4O4. The number of aromatic nitrogens is 2. The minimum absolute atomic E-state index is 0.0118. The van der Waals surface area contributed by atoms with Crippen molar-refractivity contribution in [3.05, 3.63) is 70.9 Å². The number of nitrogens with one attached hydrogen (secondary N) is 2. The second-order valence-corrected chi connectivity index (χ2v) is 8.80. The Labute approximate surface area is 202 Å². The summed E-state index contributed by atoms with van der Waals surface area (Å²) in [4.78, 5) is 31.4. The van der Waals surface area contributed by atoms with Crippen LogP contribution < -0.4 is 15.8 Å². The van der Waals surface area contributed by atoms with Gasteiger partial charge in [-0.2, -0.15) is 13.2 Å². The SMILES string of the molecule is Cc1cc[nH]c1C(=O)NC[C@](O)(c1cc2c(c(-c3ccc(F)cc3)n1)OC[C@]2(C)C(N)=O)C(F)(F)F. The molecule has 0 saturated heterocycles. The summed E-state index contributed by atoms with van der Waals surface area (Å²) in [7, 11) is 0. The maximum absolute atomic E-state index is 14.3. The lowest BCUT2D eigenvalue weighted by molar-refractivity contribution is -0.265. The lowest BCUT2D eigenvalue weighted by Gasteiger charge is -2.31. The highest BCUT2D eigenvalue weighted by Gasteiger charge is 2.57. The number of nitrogens with two attached hydrogens (primary N) is 1. The van der Waals surface area contributed by atoms with Crippen LogP contribution in [0.15, 0.2) is 42.6 Å². The van der Waals surface area contributed by atoms with Crippen molar-refractivity contribution in [1.29, 1.82) is 0 Å². The van der Waals surface area contributed by atoms with E-state index in [1.807, 2.05) is 0 Å². The van der Waals surface area contributed by atoms with Crippen molar-refractivity contribution < 1.29 is 37.0 Å². The van der Waals surface area contributed by atoms with E-state index < -0.39 is 47.1 Å². The van der Waals surface area contributed by atoms with Gasteiger partial charge in [0.2, 0.25) is 11.5 Å². The maximum Gasteiger partial charge on any atom is 0.424 e. The number of aliphatic hydroxyl groups is 1. The van der Waals surface area contributed by atoms with Gasteiger partial charge in [-0.3, -0.25) is 9.59 Å². The Morgan fingerprint density at radius 2 is 1.92 bits per heavy atom. The molecular weight excluding hydrogens is 484 g/mol. The van der Waals surface area contributed by atoms with Gasteiger partial charge in [0, 0.05) is 17.3 Å². The van der Waals surface area contributed by atoms with Crippen molar-refractivity contribution in [3.8, 4) is 17.0 Å². The van der Waals surface area contributed by atoms with E-state index in [4.69, 9.17) is 10.5 Å². The zero-order valence-electron chi connectivity index (χ0n) is 19.2. The molecule has 190 valence electrons. The number of fused-ring (bicyclic) bond motifs is 1. The first-order chi connectivity index (χ1) is 16.8. The van der Waals surface area contributed by atoms with Crippen molar-refractivity contribution in [2.45, 2.75) is 31.0 Å². The quantitative estimate of drug-likeness (QED) is 0.382. The van der Waals surface area contributed by atoms with Gasteiger partial charge in [0.15, 0.2) is 0 Å². The molecule has 0 radical (unpaired) electrons. The van der Waals surface area contributed by atoms with E-state index in [-0.39, 0.29) is 34.9 Å². The molecule has 0 spiro atoms. The number of amides is 2. The molecule has 5 N–H and O–H groups in total. The molecule has 2 amide bonds. The van der Waals surface area contributed by atoms with Crippen LogP contribution in [0, 0.1) is 12.7 Å². The predicted octanol–water partition coefficient (Wildman–Crippen LogP) is 2.84. The Hall–Kier alpha value is -3.93. The molecule has 0 bridgehead atoms. The van der Waals surface area contributed by atoms with Gasteiger partial charge in [0.05, 0.1) is 12.2 Å². The van der Waals surface area contributed by atoms with E-state index in [1.54, 1.807) is 13.0 Å². The fraction of sp³-hybridized carbons (Fsp3) is 0.292. The fourth-order valence-electron chi connectivity index (χ4n) is 3.93. The number of carbonyl (C=O) groups is 2. The number of halogens is 4. The molecule has 1 aliphatic rings. The van der Waals surface area contributed by atoms with Gasteiger partial charge in [0.1, 0.15) is 35.0 Å². The normalized spacial score (nSPS) is 18.8.